The van der Waals surface area contributed by atoms with E-state index in [-0.39, 0.29) is 0 Å². The molecule has 1 nitrogen and oxygen atoms in total. The minimum atomic E-state index is 0.628. The number of anilines is 1. The van der Waals surface area contributed by atoms with Crippen molar-refractivity contribution >= 4 is 40.7 Å². The number of thioether (sulfide) groups is 1. The van der Waals surface area contributed by atoms with Gasteiger partial charge in [0.15, 0.2) is 0 Å². The molecule has 0 aromatic heterocycles. The maximum atomic E-state index is 6.17. The summed E-state index contributed by atoms with van der Waals surface area (Å²) in [7, 11) is 0. The summed E-state index contributed by atoms with van der Waals surface area (Å²) in [5.41, 5.74) is 6.31. The van der Waals surface area contributed by atoms with Gasteiger partial charge >= 0.3 is 0 Å². The Kier molecular flexibility index (Phi) is 4.28. The zero-order valence-electron chi connectivity index (χ0n) is 9.01. The Labute approximate surface area is 111 Å². The molecular weight excluding hydrogens is 261 g/mol. The predicted octanol–water partition coefficient (Wildman–Crippen LogP) is 5.00. The molecule has 0 heterocycles. The molecule has 0 aliphatic heterocycles. The first-order chi connectivity index (χ1) is 7.66. The van der Waals surface area contributed by atoms with Crippen LogP contribution in [-0.2, 0) is 0 Å². The van der Waals surface area contributed by atoms with E-state index in [1.807, 2.05) is 11.8 Å². The van der Waals surface area contributed by atoms with Crippen molar-refractivity contribution in [2.24, 2.45) is 0 Å². The van der Waals surface area contributed by atoms with E-state index in [2.05, 4.69) is 0 Å². The molecular formula is C12H15Cl2NS. The van der Waals surface area contributed by atoms with Gasteiger partial charge < -0.3 is 5.73 Å². The van der Waals surface area contributed by atoms with Crippen molar-refractivity contribution in [2.45, 2.75) is 42.2 Å². The van der Waals surface area contributed by atoms with E-state index >= 15 is 0 Å². The second-order valence-electron chi connectivity index (χ2n) is 4.19. The zero-order valence-corrected chi connectivity index (χ0v) is 11.3. The summed E-state index contributed by atoms with van der Waals surface area (Å²) in [6.45, 7) is 0. The Hall–Kier alpha value is -0.0500. The summed E-state index contributed by atoms with van der Waals surface area (Å²) in [6, 6.07) is 3.55. The quantitative estimate of drug-likeness (QED) is 0.769. The third-order valence-corrected chi connectivity index (χ3v) is 5.16. The summed E-state index contributed by atoms with van der Waals surface area (Å²) < 4.78 is 0. The van der Waals surface area contributed by atoms with Crippen LogP contribution < -0.4 is 5.73 Å². The Morgan fingerprint density at radius 2 is 1.62 bits per heavy atom. The third kappa shape index (κ3) is 2.99. The van der Waals surface area contributed by atoms with Gasteiger partial charge in [0.25, 0.3) is 0 Å². The Morgan fingerprint density at radius 1 is 1.06 bits per heavy atom. The molecule has 2 rings (SSSR count). The molecule has 1 aromatic carbocycles. The SMILES string of the molecule is Nc1cc(Cl)c(SC2CCCCC2)c(Cl)c1. The fourth-order valence-corrected chi connectivity index (χ4v) is 4.06. The van der Waals surface area contributed by atoms with Gasteiger partial charge in [-0.1, -0.05) is 42.5 Å². The number of benzene rings is 1. The lowest BCUT2D eigenvalue weighted by Gasteiger charge is -2.22. The Morgan fingerprint density at radius 3 is 2.19 bits per heavy atom. The van der Waals surface area contributed by atoms with Gasteiger partial charge in [-0.2, -0.15) is 0 Å². The molecule has 0 spiro atoms. The summed E-state index contributed by atoms with van der Waals surface area (Å²) in [4.78, 5) is 0.990. The molecule has 88 valence electrons. The van der Waals surface area contributed by atoms with E-state index in [1.165, 1.54) is 32.1 Å². The largest absolute Gasteiger partial charge is 0.399 e. The average molecular weight is 276 g/mol. The highest BCUT2D eigenvalue weighted by Crippen LogP contribution is 2.41. The second kappa shape index (κ2) is 5.52. The fraction of sp³-hybridized carbons (Fsp3) is 0.500. The van der Waals surface area contributed by atoms with Gasteiger partial charge in [0.2, 0.25) is 0 Å². The van der Waals surface area contributed by atoms with Crippen molar-refractivity contribution in [3.8, 4) is 0 Å². The molecule has 0 unspecified atom stereocenters. The minimum Gasteiger partial charge on any atom is -0.399 e. The van der Waals surface area contributed by atoms with Crippen LogP contribution in [0.5, 0.6) is 0 Å². The first-order valence-electron chi connectivity index (χ1n) is 5.58. The van der Waals surface area contributed by atoms with Gasteiger partial charge in [0.1, 0.15) is 0 Å². The topological polar surface area (TPSA) is 26.0 Å². The van der Waals surface area contributed by atoms with E-state index in [1.54, 1.807) is 12.1 Å². The van der Waals surface area contributed by atoms with Crippen LogP contribution in [0.25, 0.3) is 0 Å². The van der Waals surface area contributed by atoms with E-state index in [4.69, 9.17) is 28.9 Å². The highest BCUT2D eigenvalue weighted by molar-refractivity contribution is 8.00. The molecule has 4 heteroatoms. The number of nitrogen functional groups attached to an aromatic ring is 1. The summed E-state index contributed by atoms with van der Waals surface area (Å²) in [5, 5.41) is 2.02. The van der Waals surface area contributed by atoms with Gasteiger partial charge in [-0.15, -0.1) is 11.8 Å². The molecule has 1 fully saturated rings. The maximum Gasteiger partial charge on any atom is 0.0577 e. The van der Waals surface area contributed by atoms with Crippen molar-refractivity contribution in [1.82, 2.24) is 0 Å². The standard InChI is InChI=1S/C12H15Cl2NS/c13-10-6-8(15)7-11(14)12(10)16-9-4-2-1-3-5-9/h6-7,9H,1-5,15H2. The average Bonchev–Trinajstić information content (AvgIpc) is 2.25. The van der Waals surface area contributed by atoms with Gasteiger partial charge in [-0.3, -0.25) is 0 Å². The molecule has 2 N–H and O–H groups in total. The molecule has 16 heavy (non-hydrogen) atoms. The van der Waals surface area contributed by atoms with Gasteiger partial charge in [0.05, 0.1) is 10.0 Å². The highest BCUT2D eigenvalue weighted by atomic mass is 35.5. The molecule has 1 aliphatic carbocycles. The molecule has 1 aromatic rings. The lowest BCUT2D eigenvalue weighted by Crippen LogP contribution is -2.07. The van der Waals surface area contributed by atoms with Gasteiger partial charge in [0, 0.05) is 15.8 Å². The molecule has 0 saturated heterocycles. The first kappa shape index (κ1) is 12.4. The molecule has 0 amide bonds. The van der Waals surface area contributed by atoms with Crippen LogP contribution in [0.15, 0.2) is 17.0 Å². The molecule has 1 saturated carbocycles. The number of halogens is 2. The van der Waals surface area contributed by atoms with Crippen molar-refractivity contribution in [3.63, 3.8) is 0 Å². The summed E-state index contributed by atoms with van der Waals surface area (Å²) in [5.74, 6) is 0. The summed E-state index contributed by atoms with van der Waals surface area (Å²) >= 11 is 14.1. The Bertz CT molecular complexity index is 352. The third-order valence-electron chi connectivity index (χ3n) is 2.86. The second-order valence-corrected chi connectivity index (χ2v) is 6.32. The fourth-order valence-electron chi connectivity index (χ4n) is 2.04. The molecule has 0 radical (unpaired) electrons. The van der Waals surface area contributed by atoms with E-state index < -0.39 is 0 Å². The van der Waals surface area contributed by atoms with Crippen molar-refractivity contribution in [3.05, 3.63) is 22.2 Å². The van der Waals surface area contributed by atoms with Crippen LogP contribution in [0.1, 0.15) is 32.1 Å². The van der Waals surface area contributed by atoms with E-state index in [0.717, 1.165) is 4.90 Å². The Balaban J connectivity index is 2.14. The number of hydrogen-bond donors (Lipinski definition) is 1. The molecule has 0 atom stereocenters. The normalized spacial score (nSPS) is 17.6. The molecule has 1 aliphatic rings. The number of hydrogen-bond acceptors (Lipinski definition) is 2. The van der Waals surface area contributed by atoms with Crippen LogP contribution in [-0.4, -0.2) is 5.25 Å². The molecule has 0 bridgehead atoms. The number of rotatable bonds is 2. The first-order valence-corrected chi connectivity index (χ1v) is 7.21. The van der Waals surface area contributed by atoms with Crippen molar-refractivity contribution < 1.29 is 0 Å². The van der Waals surface area contributed by atoms with Crippen molar-refractivity contribution in [1.29, 1.82) is 0 Å². The van der Waals surface area contributed by atoms with Crippen LogP contribution in [0, 0.1) is 0 Å². The monoisotopic (exact) mass is 275 g/mol. The summed E-state index contributed by atoms with van der Waals surface area (Å²) in [6.07, 6.45) is 6.54. The van der Waals surface area contributed by atoms with Crippen LogP contribution in [0.3, 0.4) is 0 Å². The lowest BCUT2D eigenvalue weighted by atomic mass is 10.0. The smallest absolute Gasteiger partial charge is 0.0577 e. The van der Waals surface area contributed by atoms with E-state index in [9.17, 15) is 0 Å². The van der Waals surface area contributed by atoms with Crippen LogP contribution in [0.2, 0.25) is 10.0 Å². The zero-order chi connectivity index (χ0) is 11.5. The van der Waals surface area contributed by atoms with E-state index in [0.29, 0.717) is 21.0 Å². The van der Waals surface area contributed by atoms with Gasteiger partial charge in [-0.05, 0) is 25.0 Å². The number of nitrogens with two attached hydrogens (primary N) is 1. The highest BCUT2D eigenvalue weighted by Gasteiger charge is 2.18. The van der Waals surface area contributed by atoms with Crippen molar-refractivity contribution in [2.75, 3.05) is 5.73 Å². The maximum absolute atomic E-state index is 6.17. The van der Waals surface area contributed by atoms with Gasteiger partial charge in [-0.25, -0.2) is 0 Å². The predicted molar refractivity (Wildman–Crippen MR) is 73.6 cm³/mol. The lowest BCUT2D eigenvalue weighted by molar-refractivity contribution is 0.516. The minimum absolute atomic E-state index is 0.628. The van der Waals surface area contributed by atoms with Crippen LogP contribution in [0.4, 0.5) is 5.69 Å². The van der Waals surface area contributed by atoms with Crippen LogP contribution >= 0.6 is 35.0 Å².